The van der Waals surface area contributed by atoms with Crippen molar-refractivity contribution in [2.24, 2.45) is 0 Å². The molecule has 0 saturated carbocycles. The van der Waals surface area contributed by atoms with Gasteiger partial charge in [0.2, 0.25) is 5.91 Å². The minimum absolute atomic E-state index is 0.0435. The first-order valence-corrected chi connectivity index (χ1v) is 10.5. The van der Waals surface area contributed by atoms with E-state index in [1.165, 1.54) is 11.1 Å². The van der Waals surface area contributed by atoms with Gasteiger partial charge in [0.15, 0.2) is 0 Å². The van der Waals surface area contributed by atoms with Crippen molar-refractivity contribution < 1.29 is 9.53 Å². The first-order chi connectivity index (χ1) is 13.8. The monoisotopic (exact) mass is 378 g/mol. The fraction of sp³-hybridized carbons (Fsp3) is 0.458. The zero-order valence-corrected chi connectivity index (χ0v) is 16.5. The first kappa shape index (κ1) is 19.2. The lowest BCUT2D eigenvalue weighted by atomic mass is 10.1. The molecular weight excluding hydrogens is 348 g/mol. The molecule has 0 spiro atoms. The van der Waals surface area contributed by atoms with Gasteiger partial charge < -0.3 is 9.64 Å². The minimum atomic E-state index is 0.0435. The number of carbonyl (C=O) groups is 1. The molecule has 28 heavy (non-hydrogen) atoms. The average molecular weight is 379 g/mol. The molecule has 1 amide bonds. The Kier molecular flexibility index (Phi) is 6.40. The third-order valence-electron chi connectivity index (χ3n) is 5.96. The number of hydrogen-bond acceptors (Lipinski definition) is 3. The number of amides is 1. The maximum absolute atomic E-state index is 13.1. The number of piperidine rings is 1. The van der Waals surface area contributed by atoms with Crippen LogP contribution in [0.15, 0.2) is 60.7 Å². The Balaban J connectivity index is 1.26. The van der Waals surface area contributed by atoms with Gasteiger partial charge in [-0.25, -0.2) is 0 Å². The number of likely N-dealkylation sites (tertiary alicyclic amines) is 2. The fourth-order valence-corrected chi connectivity index (χ4v) is 4.35. The third-order valence-corrected chi connectivity index (χ3v) is 5.96. The number of ether oxygens (including phenoxy) is 1. The zero-order chi connectivity index (χ0) is 19.2. The summed E-state index contributed by atoms with van der Waals surface area (Å²) in [7, 11) is 0. The molecule has 0 aliphatic carbocycles. The summed E-state index contributed by atoms with van der Waals surface area (Å²) in [6, 6.07) is 20.8. The molecule has 2 aliphatic rings. The van der Waals surface area contributed by atoms with Gasteiger partial charge in [-0.1, -0.05) is 60.7 Å². The summed E-state index contributed by atoms with van der Waals surface area (Å²) in [4.78, 5) is 17.6. The number of benzene rings is 2. The summed E-state index contributed by atoms with van der Waals surface area (Å²) in [6.45, 7) is 4.17. The summed E-state index contributed by atoms with van der Waals surface area (Å²) in [5.41, 5.74) is 2.50. The van der Waals surface area contributed by atoms with E-state index in [1.807, 2.05) is 24.3 Å². The fourth-order valence-electron chi connectivity index (χ4n) is 4.35. The Labute approximate surface area is 168 Å². The molecule has 1 atom stereocenters. The first-order valence-electron chi connectivity index (χ1n) is 10.5. The van der Waals surface area contributed by atoms with Crippen LogP contribution in [0.3, 0.4) is 0 Å². The van der Waals surface area contributed by atoms with Gasteiger partial charge in [0.25, 0.3) is 0 Å². The van der Waals surface area contributed by atoms with Crippen LogP contribution in [0.4, 0.5) is 0 Å². The van der Waals surface area contributed by atoms with E-state index >= 15 is 0 Å². The summed E-state index contributed by atoms with van der Waals surface area (Å²) < 4.78 is 6.07. The van der Waals surface area contributed by atoms with E-state index in [2.05, 4.69) is 46.2 Å². The second-order valence-corrected chi connectivity index (χ2v) is 7.94. The number of hydrogen-bond donors (Lipinski definition) is 0. The van der Waals surface area contributed by atoms with Gasteiger partial charge in [-0.3, -0.25) is 9.69 Å². The molecule has 4 rings (SSSR count). The van der Waals surface area contributed by atoms with Crippen LogP contribution in [0.5, 0.6) is 0 Å². The SMILES string of the molecule is O=C(C1CCCN1Cc1ccccc1)N1CCC(OCc2ccccc2)CC1. The topological polar surface area (TPSA) is 32.8 Å². The molecule has 0 bridgehead atoms. The van der Waals surface area contributed by atoms with E-state index in [4.69, 9.17) is 4.74 Å². The van der Waals surface area contributed by atoms with E-state index in [-0.39, 0.29) is 12.1 Å². The van der Waals surface area contributed by atoms with Gasteiger partial charge in [-0.05, 0) is 43.4 Å². The van der Waals surface area contributed by atoms with Crippen molar-refractivity contribution in [3.63, 3.8) is 0 Å². The predicted molar refractivity (Wildman–Crippen MR) is 111 cm³/mol. The summed E-state index contributed by atoms with van der Waals surface area (Å²) in [5.74, 6) is 0.315. The van der Waals surface area contributed by atoms with Crippen molar-refractivity contribution in [2.75, 3.05) is 19.6 Å². The average Bonchev–Trinajstić information content (AvgIpc) is 3.21. The Morgan fingerprint density at radius 2 is 1.50 bits per heavy atom. The molecule has 148 valence electrons. The second kappa shape index (κ2) is 9.35. The highest BCUT2D eigenvalue weighted by atomic mass is 16.5. The standard InChI is InChI=1S/C24H30N2O2/c27-24(23-12-7-15-26(23)18-20-8-3-1-4-9-20)25-16-13-22(14-17-25)28-19-21-10-5-2-6-11-21/h1-6,8-11,22-23H,7,12-19H2. The highest BCUT2D eigenvalue weighted by Crippen LogP contribution is 2.24. The lowest BCUT2D eigenvalue weighted by Crippen LogP contribution is -2.49. The van der Waals surface area contributed by atoms with Gasteiger partial charge in [-0.2, -0.15) is 0 Å². The molecular formula is C24H30N2O2. The Hall–Kier alpha value is -2.17. The van der Waals surface area contributed by atoms with Crippen molar-refractivity contribution in [3.8, 4) is 0 Å². The molecule has 2 heterocycles. The van der Waals surface area contributed by atoms with Crippen LogP contribution >= 0.6 is 0 Å². The summed E-state index contributed by atoms with van der Waals surface area (Å²) in [5, 5.41) is 0. The molecule has 2 saturated heterocycles. The van der Waals surface area contributed by atoms with E-state index in [0.717, 1.165) is 51.9 Å². The number of nitrogens with zero attached hydrogens (tertiary/aromatic N) is 2. The van der Waals surface area contributed by atoms with Crippen molar-refractivity contribution in [1.82, 2.24) is 9.80 Å². The minimum Gasteiger partial charge on any atom is -0.373 e. The molecule has 2 aromatic carbocycles. The number of rotatable bonds is 6. The highest BCUT2D eigenvalue weighted by Gasteiger charge is 2.35. The highest BCUT2D eigenvalue weighted by molar-refractivity contribution is 5.82. The lowest BCUT2D eigenvalue weighted by Gasteiger charge is -2.35. The molecule has 0 N–H and O–H groups in total. The Morgan fingerprint density at radius 3 is 2.18 bits per heavy atom. The van der Waals surface area contributed by atoms with Gasteiger partial charge in [0, 0.05) is 19.6 Å². The molecule has 0 radical (unpaired) electrons. The third kappa shape index (κ3) is 4.81. The van der Waals surface area contributed by atoms with Crippen molar-refractivity contribution >= 4 is 5.91 Å². The van der Waals surface area contributed by atoms with Gasteiger partial charge in [0.05, 0.1) is 18.8 Å². The van der Waals surface area contributed by atoms with Crippen molar-refractivity contribution in [1.29, 1.82) is 0 Å². The largest absolute Gasteiger partial charge is 0.373 e. The molecule has 2 aliphatic heterocycles. The van der Waals surface area contributed by atoms with Crippen LogP contribution in [0.2, 0.25) is 0 Å². The van der Waals surface area contributed by atoms with Crippen molar-refractivity contribution in [2.45, 2.75) is 51.0 Å². The van der Waals surface area contributed by atoms with E-state index in [9.17, 15) is 4.79 Å². The van der Waals surface area contributed by atoms with Crippen molar-refractivity contribution in [3.05, 3.63) is 71.8 Å². The maximum atomic E-state index is 13.1. The van der Waals surface area contributed by atoms with Gasteiger partial charge >= 0.3 is 0 Å². The van der Waals surface area contributed by atoms with Crippen LogP contribution in [-0.2, 0) is 22.7 Å². The van der Waals surface area contributed by atoms with Gasteiger partial charge in [0.1, 0.15) is 0 Å². The molecule has 2 fully saturated rings. The summed E-state index contributed by atoms with van der Waals surface area (Å²) >= 11 is 0. The normalized spacial score (nSPS) is 21.1. The lowest BCUT2D eigenvalue weighted by molar-refractivity contribution is -0.139. The smallest absolute Gasteiger partial charge is 0.239 e. The van der Waals surface area contributed by atoms with E-state index in [0.29, 0.717) is 12.5 Å². The Morgan fingerprint density at radius 1 is 0.857 bits per heavy atom. The molecule has 2 aromatic rings. The van der Waals surface area contributed by atoms with Crippen LogP contribution in [0.25, 0.3) is 0 Å². The predicted octanol–water partition coefficient (Wildman–Crippen LogP) is 3.86. The molecule has 1 unspecified atom stereocenters. The van der Waals surface area contributed by atoms with Crippen LogP contribution in [0.1, 0.15) is 36.8 Å². The van der Waals surface area contributed by atoms with Crippen LogP contribution < -0.4 is 0 Å². The van der Waals surface area contributed by atoms with E-state index < -0.39 is 0 Å². The zero-order valence-electron chi connectivity index (χ0n) is 16.5. The maximum Gasteiger partial charge on any atom is 0.239 e. The molecule has 4 nitrogen and oxygen atoms in total. The second-order valence-electron chi connectivity index (χ2n) is 7.94. The Bertz CT molecular complexity index is 742. The van der Waals surface area contributed by atoms with Crippen LogP contribution in [-0.4, -0.2) is 47.5 Å². The van der Waals surface area contributed by atoms with E-state index in [1.54, 1.807) is 0 Å². The molecule has 4 heteroatoms. The van der Waals surface area contributed by atoms with Crippen LogP contribution in [0, 0.1) is 0 Å². The quantitative estimate of drug-likeness (QED) is 0.765. The van der Waals surface area contributed by atoms with Gasteiger partial charge in [-0.15, -0.1) is 0 Å². The molecule has 0 aromatic heterocycles. The number of carbonyl (C=O) groups excluding carboxylic acids is 1. The summed E-state index contributed by atoms with van der Waals surface area (Å²) in [6.07, 6.45) is 4.22.